The zero-order valence-electron chi connectivity index (χ0n) is 17.0. The van der Waals surface area contributed by atoms with Gasteiger partial charge in [-0.25, -0.2) is 9.79 Å². The zero-order valence-corrected chi connectivity index (χ0v) is 18.6. The first kappa shape index (κ1) is 23.7. The van der Waals surface area contributed by atoms with Gasteiger partial charge in [-0.2, -0.15) is 0 Å². The second-order valence-corrected chi connectivity index (χ2v) is 8.39. The lowest BCUT2D eigenvalue weighted by molar-refractivity contribution is -0.514. The number of rotatable bonds is 7. The summed E-state index contributed by atoms with van der Waals surface area (Å²) in [6.45, 7) is 1.96. The molecule has 0 fully saturated rings. The number of hydrogen-bond acceptors (Lipinski definition) is 8. The van der Waals surface area contributed by atoms with E-state index in [4.69, 9.17) is 5.41 Å². The summed E-state index contributed by atoms with van der Waals surface area (Å²) < 4.78 is 4.61. The molecule has 1 aliphatic rings. The van der Waals surface area contributed by atoms with Gasteiger partial charge < -0.3 is 4.74 Å². The van der Waals surface area contributed by atoms with Crippen molar-refractivity contribution in [2.24, 2.45) is 4.99 Å². The van der Waals surface area contributed by atoms with E-state index >= 15 is 0 Å². The van der Waals surface area contributed by atoms with E-state index in [1.165, 1.54) is 31.0 Å². The molecule has 10 heteroatoms. The van der Waals surface area contributed by atoms with Gasteiger partial charge >= 0.3 is 11.0 Å². The first-order chi connectivity index (χ1) is 14.4. The minimum Gasteiger partial charge on any atom is -0.453 e. The van der Waals surface area contributed by atoms with Crippen molar-refractivity contribution in [1.29, 1.82) is 5.41 Å². The van der Waals surface area contributed by atoms with Gasteiger partial charge in [-0.15, -0.1) is 0 Å². The van der Waals surface area contributed by atoms with Gasteiger partial charge in [-0.3, -0.25) is 20.8 Å². The molecule has 1 amide bonds. The Balaban J connectivity index is 2.68. The van der Waals surface area contributed by atoms with E-state index in [2.05, 4.69) is 15.0 Å². The lowest BCUT2D eigenvalue weighted by Gasteiger charge is -2.29. The van der Waals surface area contributed by atoms with E-state index in [1.54, 1.807) is 6.26 Å². The molecule has 0 aliphatic heterocycles. The van der Waals surface area contributed by atoms with Crippen molar-refractivity contribution in [2.75, 3.05) is 19.1 Å². The minimum absolute atomic E-state index is 0.0497. The van der Waals surface area contributed by atoms with Crippen molar-refractivity contribution in [1.82, 2.24) is 5.32 Å². The van der Waals surface area contributed by atoms with Crippen LogP contribution in [0, 0.1) is 15.5 Å². The van der Waals surface area contributed by atoms with Crippen LogP contribution in [-0.4, -0.2) is 45.9 Å². The Hall–Kier alpha value is -2.59. The van der Waals surface area contributed by atoms with E-state index in [0.29, 0.717) is 11.3 Å². The molecule has 8 nitrogen and oxygen atoms in total. The number of amides is 1. The fourth-order valence-corrected chi connectivity index (χ4v) is 4.32. The molecule has 0 saturated heterocycles. The summed E-state index contributed by atoms with van der Waals surface area (Å²) in [6, 6.07) is 9.36. The van der Waals surface area contributed by atoms with Crippen LogP contribution < -0.4 is 5.32 Å². The minimum atomic E-state index is -1.54. The van der Waals surface area contributed by atoms with E-state index in [9.17, 15) is 14.9 Å². The largest absolute Gasteiger partial charge is 0.453 e. The summed E-state index contributed by atoms with van der Waals surface area (Å²) in [5.74, 6) is 0.573. The van der Waals surface area contributed by atoms with Crippen molar-refractivity contribution >= 4 is 40.5 Å². The summed E-state index contributed by atoms with van der Waals surface area (Å²) in [7, 11) is 1.23. The molecule has 2 N–H and O–H groups in total. The summed E-state index contributed by atoms with van der Waals surface area (Å²) >= 11 is 2.36. The van der Waals surface area contributed by atoms with Gasteiger partial charge in [0.15, 0.2) is 5.17 Å². The van der Waals surface area contributed by atoms with E-state index in [0.717, 1.165) is 23.7 Å². The molecule has 0 aromatic heterocycles. The van der Waals surface area contributed by atoms with Crippen LogP contribution in [0.15, 0.2) is 58.7 Å². The highest BCUT2D eigenvalue weighted by Crippen LogP contribution is 2.42. The molecule has 0 spiro atoms. The van der Waals surface area contributed by atoms with E-state index in [-0.39, 0.29) is 27.9 Å². The van der Waals surface area contributed by atoms with Gasteiger partial charge in [-0.05, 0) is 24.3 Å². The number of benzene rings is 1. The molecule has 0 bridgehead atoms. The summed E-state index contributed by atoms with van der Waals surface area (Å²) in [6.07, 6.45) is 4.91. The number of carbonyl (C=O) groups excluding carboxylic acids is 1. The Morgan fingerprint density at radius 1 is 1.37 bits per heavy atom. The maximum Gasteiger partial charge on any atom is 0.412 e. The molecule has 0 saturated carbocycles. The number of amidine groups is 1. The quantitative estimate of drug-likeness (QED) is 0.211. The highest BCUT2D eigenvalue weighted by atomic mass is 32.2. The lowest BCUT2D eigenvalue weighted by atomic mass is 9.90. The number of alkyl carbamates (subject to hydrolysis) is 1. The summed E-state index contributed by atoms with van der Waals surface area (Å²) in [5, 5.41) is 23.4. The number of nitrogens with zero attached hydrogens (tertiary/aromatic N) is 2. The lowest BCUT2D eigenvalue weighted by Crippen LogP contribution is -2.40. The van der Waals surface area contributed by atoms with Crippen LogP contribution in [0.2, 0.25) is 0 Å². The third-order valence-corrected chi connectivity index (χ3v) is 6.44. The average Bonchev–Trinajstić information content (AvgIpc) is 2.75. The molecular weight excluding hydrogens is 424 g/mol. The first-order valence-electron chi connectivity index (χ1n) is 9.19. The number of methoxy groups -OCH3 is 1. The zero-order chi connectivity index (χ0) is 22.1. The average molecular weight is 449 g/mol. The van der Waals surface area contributed by atoms with Crippen LogP contribution in [0.1, 0.15) is 18.9 Å². The Kier molecular flexibility index (Phi) is 8.67. The number of allylic oxidation sites excluding steroid dienone is 1. The van der Waals surface area contributed by atoms with Crippen LogP contribution in [0.4, 0.5) is 4.79 Å². The summed E-state index contributed by atoms with van der Waals surface area (Å²) in [5.41, 5.74) is 1.51. The molecule has 1 aliphatic carbocycles. The van der Waals surface area contributed by atoms with Gasteiger partial charge in [0.1, 0.15) is 0 Å². The molecule has 1 unspecified atom stereocenters. The molecule has 1 aromatic rings. The van der Waals surface area contributed by atoms with Crippen LogP contribution in [0.3, 0.4) is 0 Å². The fraction of sp³-hybridized carbons (Fsp3) is 0.350. The van der Waals surface area contributed by atoms with Crippen LogP contribution in [0.5, 0.6) is 0 Å². The van der Waals surface area contributed by atoms with Crippen LogP contribution in [0.25, 0.3) is 0 Å². The number of ether oxygens (including phenoxy) is 1. The van der Waals surface area contributed by atoms with Gasteiger partial charge in [0.05, 0.1) is 24.1 Å². The monoisotopic (exact) mass is 448 g/mol. The molecule has 0 radical (unpaired) electrons. The van der Waals surface area contributed by atoms with E-state index in [1.807, 2.05) is 37.3 Å². The molecule has 30 heavy (non-hydrogen) atoms. The Morgan fingerprint density at radius 3 is 2.63 bits per heavy atom. The first-order valence-corrected chi connectivity index (χ1v) is 11.4. The normalized spacial score (nSPS) is 19.0. The SMILES string of the molecule is CCCSC1([N+](=O)[O-])C=CC(=N)C(N=C(NC(=O)OC)SC)=C1Cc1ccccc1. The number of hydrogen-bond donors (Lipinski definition) is 2. The Labute approximate surface area is 183 Å². The van der Waals surface area contributed by atoms with E-state index < -0.39 is 11.0 Å². The predicted molar refractivity (Wildman–Crippen MR) is 123 cm³/mol. The molecule has 1 atom stereocenters. The van der Waals surface area contributed by atoms with Crippen molar-refractivity contribution in [3.63, 3.8) is 0 Å². The summed E-state index contributed by atoms with van der Waals surface area (Å²) in [4.78, 5) is 26.5. The van der Waals surface area contributed by atoms with Gasteiger partial charge in [0, 0.05) is 23.2 Å². The van der Waals surface area contributed by atoms with Crippen LogP contribution in [-0.2, 0) is 11.2 Å². The topological polar surface area (TPSA) is 118 Å². The number of aliphatic imine (C=N–C) groups is 1. The highest BCUT2D eigenvalue weighted by molar-refractivity contribution is 8.13. The van der Waals surface area contributed by atoms with Gasteiger partial charge in [-0.1, -0.05) is 60.8 Å². The van der Waals surface area contributed by atoms with Crippen molar-refractivity contribution < 1.29 is 14.5 Å². The maximum absolute atomic E-state index is 12.3. The third-order valence-electron chi connectivity index (χ3n) is 4.27. The van der Waals surface area contributed by atoms with Gasteiger partial charge in [0.2, 0.25) is 0 Å². The van der Waals surface area contributed by atoms with Crippen molar-refractivity contribution in [3.05, 3.63) is 69.4 Å². The highest BCUT2D eigenvalue weighted by Gasteiger charge is 2.49. The Bertz CT molecular complexity index is 899. The predicted octanol–water partition coefficient (Wildman–Crippen LogP) is 4.26. The van der Waals surface area contributed by atoms with Crippen molar-refractivity contribution in [3.8, 4) is 0 Å². The Morgan fingerprint density at radius 2 is 2.07 bits per heavy atom. The molecule has 0 heterocycles. The fourth-order valence-electron chi connectivity index (χ4n) is 2.83. The standard InChI is InChI=1S/C20H24N4O4S2/c1-4-12-30-20(24(26)27)11-10-16(21)17(22-18(29-3)23-19(25)28-2)15(20)13-14-8-6-5-7-9-14/h5-11,21H,4,12-13H2,1-3H3,(H,22,23,25). The smallest absolute Gasteiger partial charge is 0.412 e. The number of nitrogens with one attached hydrogen (secondary N) is 2. The maximum atomic E-state index is 12.3. The second-order valence-electron chi connectivity index (χ2n) is 6.28. The number of thioether (sulfide) groups is 2. The van der Waals surface area contributed by atoms with Crippen molar-refractivity contribution in [2.45, 2.75) is 24.6 Å². The molecular formula is C20H24N4O4S2. The second kappa shape index (κ2) is 11.0. The third kappa shape index (κ3) is 5.51. The van der Waals surface area contributed by atoms with Crippen LogP contribution >= 0.6 is 23.5 Å². The molecule has 1 aromatic carbocycles. The number of nitro groups is 1. The molecule has 2 rings (SSSR count). The number of carbonyl (C=O) groups is 1. The van der Waals surface area contributed by atoms with Gasteiger partial charge in [0.25, 0.3) is 0 Å². The molecule has 160 valence electrons.